The van der Waals surface area contributed by atoms with Crippen molar-refractivity contribution in [1.29, 1.82) is 0 Å². The Balaban J connectivity index is 2.53. The highest BCUT2D eigenvalue weighted by Gasteiger charge is 2.21. The zero-order valence-corrected chi connectivity index (χ0v) is 13.6. The Morgan fingerprint density at radius 3 is 2.35 bits per heavy atom. The first-order chi connectivity index (χ1) is 9.60. The largest absolute Gasteiger partial charge is 0.496 e. The summed E-state index contributed by atoms with van der Waals surface area (Å²) in [7, 11) is 5.18. The summed E-state index contributed by atoms with van der Waals surface area (Å²) >= 11 is 3.46. The summed E-state index contributed by atoms with van der Waals surface area (Å²) in [5.41, 5.74) is 0.962. The lowest BCUT2D eigenvalue weighted by molar-refractivity contribution is 0.384. The van der Waals surface area contributed by atoms with Gasteiger partial charge < -0.3 is 19.2 Å². The van der Waals surface area contributed by atoms with E-state index in [4.69, 9.17) is 13.9 Å². The van der Waals surface area contributed by atoms with Crippen LogP contribution in [0.15, 0.2) is 33.2 Å². The second kappa shape index (κ2) is 6.33. The van der Waals surface area contributed by atoms with E-state index in [2.05, 4.69) is 21.2 Å². The molecular formula is C15H18BrNO3. The van der Waals surface area contributed by atoms with Gasteiger partial charge in [0, 0.05) is 5.56 Å². The topological polar surface area (TPSA) is 43.6 Å². The van der Waals surface area contributed by atoms with Crippen LogP contribution in [-0.2, 0) is 0 Å². The molecule has 5 heteroatoms. The molecule has 0 saturated heterocycles. The van der Waals surface area contributed by atoms with Gasteiger partial charge in [-0.25, -0.2) is 0 Å². The molecular weight excluding hydrogens is 322 g/mol. The lowest BCUT2D eigenvalue weighted by Gasteiger charge is -2.19. The zero-order valence-electron chi connectivity index (χ0n) is 12.0. The Morgan fingerprint density at radius 1 is 1.15 bits per heavy atom. The van der Waals surface area contributed by atoms with Gasteiger partial charge in [-0.3, -0.25) is 0 Å². The van der Waals surface area contributed by atoms with Gasteiger partial charge in [0.2, 0.25) is 0 Å². The van der Waals surface area contributed by atoms with Crippen LogP contribution in [0.2, 0.25) is 0 Å². The van der Waals surface area contributed by atoms with E-state index >= 15 is 0 Å². The second-order valence-electron chi connectivity index (χ2n) is 4.40. The predicted molar refractivity (Wildman–Crippen MR) is 81.6 cm³/mol. The molecule has 0 aliphatic heterocycles. The quantitative estimate of drug-likeness (QED) is 0.902. The number of halogens is 1. The van der Waals surface area contributed by atoms with Crippen molar-refractivity contribution in [1.82, 2.24) is 5.32 Å². The van der Waals surface area contributed by atoms with E-state index in [-0.39, 0.29) is 6.04 Å². The van der Waals surface area contributed by atoms with E-state index in [1.165, 1.54) is 0 Å². The SMILES string of the molecule is CNC(c1ccc(C)o1)c1cc(OC)c(Br)cc1OC. The van der Waals surface area contributed by atoms with Crippen LogP contribution >= 0.6 is 15.9 Å². The Bertz CT molecular complexity index is 595. The van der Waals surface area contributed by atoms with Crippen molar-refractivity contribution in [2.75, 3.05) is 21.3 Å². The molecule has 2 aromatic rings. The summed E-state index contributed by atoms with van der Waals surface area (Å²) in [6, 6.07) is 7.66. The summed E-state index contributed by atoms with van der Waals surface area (Å²) in [6.07, 6.45) is 0. The molecule has 2 rings (SSSR count). The number of rotatable bonds is 5. The van der Waals surface area contributed by atoms with E-state index in [1.54, 1.807) is 14.2 Å². The predicted octanol–water partition coefficient (Wildman–Crippen LogP) is 3.68. The van der Waals surface area contributed by atoms with Gasteiger partial charge in [0.15, 0.2) is 0 Å². The fourth-order valence-corrected chi connectivity index (χ4v) is 2.65. The van der Waals surface area contributed by atoms with Crippen molar-refractivity contribution >= 4 is 15.9 Å². The first-order valence-electron chi connectivity index (χ1n) is 6.25. The minimum absolute atomic E-state index is 0.0966. The van der Waals surface area contributed by atoms with Crippen LogP contribution < -0.4 is 14.8 Å². The molecule has 1 N–H and O–H groups in total. The van der Waals surface area contributed by atoms with Gasteiger partial charge >= 0.3 is 0 Å². The normalized spacial score (nSPS) is 12.2. The van der Waals surface area contributed by atoms with Gasteiger partial charge in [-0.1, -0.05) is 0 Å². The van der Waals surface area contributed by atoms with Gasteiger partial charge in [-0.05, 0) is 54.2 Å². The number of hydrogen-bond acceptors (Lipinski definition) is 4. The maximum atomic E-state index is 5.72. The highest BCUT2D eigenvalue weighted by molar-refractivity contribution is 9.10. The average molecular weight is 340 g/mol. The van der Waals surface area contributed by atoms with Crippen molar-refractivity contribution in [2.45, 2.75) is 13.0 Å². The summed E-state index contributed by atoms with van der Waals surface area (Å²) in [5, 5.41) is 3.25. The van der Waals surface area contributed by atoms with E-state index in [0.29, 0.717) is 0 Å². The number of hydrogen-bond donors (Lipinski definition) is 1. The van der Waals surface area contributed by atoms with Crippen molar-refractivity contribution in [3.05, 3.63) is 45.8 Å². The smallest absolute Gasteiger partial charge is 0.133 e. The first kappa shape index (κ1) is 14.9. The first-order valence-corrected chi connectivity index (χ1v) is 7.05. The molecule has 0 saturated carbocycles. The lowest BCUT2D eigenvalue weighted by atomic mass is 10.0. The molecule has 0 aliphatic rings. The molecule has 1 heterocycles. The minimum atomic E-state index is -0.0966. The summed E-state index contributed by atoms with van der Waals surface area (Å²) in [4.78, 5) is 0. The minimum Gasteiger partial charge on any atom is -0.496 e. The van der Waals surface area contributed by atoms with Crippen molar-refractivity contribution < 1.29 is 13.9 Å². The Hall–Kier alpha value is -1.46. The number of nitrogens with one attached hydrogen (secondary N) is 1. The molecule has 0 bridgehead atoms. The molecule has 1 aromatic carbocycles. The molecule has 0 fully saturated rings. The molecule has 0 aliphatic carbocycles. The van der Waals surface area contributed by atoms with Crippen LogP contribution in [0.25, 0.3) is 0 Å². The van der Waals surface area contributed by atoms with Crippen molar-refractivity contribution in [2.24, 2.45) is 0 Å². The van der Waals surface area contributed by atoms with Crippen molar-refractivity contribution in [3.63, 3.8) is 0 Å². The molecule has 0 spiro atoms. The number of ether oxygens (including phenoxy) is 2. The van der Waals surface area contributed by atoms with Crippen LogP contribution in [-0.4, -0.2) is 21.3 Å². The Morgan fingerprint density at radius 2 is 1.85 bits per heavy atom. The molecule has 0 radical (unpaired) electrons. The molecule has 108 valence electrons. The van der Waals surface area contributed by atoms with E-state index < -0.39 is 0 Å². The fraction of sp³-hybridized carbons (Fsp3) is 0.333. The van der Waals surface area contributed by atoms with Gasteiger partial charge in [-0.15, -0.1) is 0 Å². The molecule has 1 atom stereocenters. The number of methoxy groups -OCH3 is 2. The number of benzene rings is 1. The van der Waals surface area contributed by atoms with Gasteiger partial charge in [-0.2, -0.15) is 0 Å². The molecule has 1 unspecified atom stereocenters. The third kappa shape index (κ3) is 2.83. The van der Waals surface area contributed by atoms with Gasteiger partial charge in [0.1, 0.15) is 23.0 Å². The Kier molecular flexibility index (Phi) is 4.73. The third-order valence-corrected chi connectivity index (χ3v) is 3.77. The third-order valence-electron chi connectivity index (χ3n) is 3.15. The summed E-state index contributed by atoms with van der Waals surface area (Å²) in [6.45, 7) is 1.93. The van der Waals surface area contributed by atoms with E-state index in [9.17, 15) is 0 Å². The van der Waals surface area contributed by atoms with Crippen LogP contribution in [0.1, 0.15) is 23.1 Å². The van der Waals surface area contributed by atoms with Crippen LogP contribution in [0.3, 0.4) is 0 Å². The maximum absolute atomic E-state index is 5.72. The fourth-order valence-electron chi connectivity index (χ4n) is 2.17. The molecule has 0 amide bonds. The molecule has 1 aromatic heterocycles. The number of aryl methyl sites for hydroxylation is 1. The Labute approximate surface area is 127 Å². The van der Waals surface area contributed by atoms with Crippen LogP contribution in [0, 0.1) is 6.92 Å². The van der Waals surface area contributed by atoms with E-state index in [1.807, 2.05) is 38.2 Å². The van der Waals surface area contributed by atoms with Gasteiger partial charge in [0.25, 0.3) is 0 Å². The van der Waals surface area contributed by atoms with Gasteiger partial charge in [0.05, 0.1) is 24.7 Å². The standard InChI is InChI=1S/C15H18BrNO3/c1-9-5-6-12(20-9)15(17-2)10-7-14(19-4)11(16)8-13(10)18-3/h5-8,15,17H,1-4H3. The van der Waals surface area contributed by atoms with Crippen molar-refractivity contribution in [3.8, 4) is 11.5 Å². The summed E-state index contributed by atoms with van der Waals surface area (Å²) < 4.78 is 17.4. The highest BCUT2D eigenvalue weighted by atomic mass is 79.9. The monoisotopic (exact) mass is 339 g/mol. The second-order valence-corrected chi connectivity index (χ2v) is 5.25. The van der Waals surface area contributed by atoms with E-state index in [0.717, 1.165) is 33.1 Å². The number of furan rings is 1. The highest BCUT2D eigenvalue weighted by Crippen LogP contribution is 2.38. The lowest BCUT2D eigenvalue weighted by Crippen LogP contribution is -2.18. The molecule has 4 nitrogen and oxygen atoms in total. The zero-order chi connectivity index (χ0) is 14.7. The maximum Gasteiger partial charge on any atom is 0.133 e. The average Bonchev–Trinajstić information content (AvgIpc) is 2.87. The molecule has 20 heavy (non-hydrogen) atoms. The van der Waals surface area contributed by atoms with Crippen LogP contribution in [0.4, 0.5) is 0 Å². The summed E-state index contributed by atoms with van der Waals surface area (Å²) in [5.74, 6) is 3.24. The van der Waals surface area contributed by atoms with Crippen LogP contribution in [0.5, 0.6) is 11.5 Å².